The molecule has 1 amide bonds. The predicted octanol–water partition coefficient (Wildman–Crippen LogP) is 3.87. The van der Waals surface area contributed by atoms with Crippen molar-refractivity contribution in [2.75, 3.05) is 0 Å². The Labute approximate surface area is 134 Å². The Bertz CT molecular complexity index is 440. The highest BCUT2D eigenvalue weighted by molar-refractivity contribution is 5.82. The van der Waals surface area contributed by atoms with Gasteiger partial charge in [-0.25, -0.2) is 0 Å². The number of rotatable bonds is 7. The van der Waals surface area contributed by atoms with Crippen LogP contribution in [0.1, 0.15) is 63.9 Å². The second-order valence-corrected chi connectivity index (χ2v) is 6.49. The van der Waals surface area contributed by atoms with Crippen molar-refractivity contribution >= 4 is 5.91 Å². The standard InChI is InChI=1S/C19H30N2O/c1-2-3-14-18(20)19(22)21(17-12-8-5-9-13-17)15-16-10-6-4-7-11-16/h4,6-7,10-11,17-18H,2-3,5,8-9,12-15,20H2,1H3. The summed E-state index contributed by atoms with van der Waals surface area (Å²) >= 11 is 0. The molecule has 1 aliphatic rings. The zero-order valence-corrected chi connectivity index (χ0v) is 13.8. The van der Waals surface area contributed by atoms with Crippen molar-refractivity contribution in [2.45, 2.75) is 76.9 Å². The largest absolute Gasteiger partial charge is 0.334 e. The molecule has 2 rings (SSSR count). The molecule has 3 heteroatoms. The van der Waals surface area contributed by atoms with E-state index >= 15 is 0 Å². The summed E-state index contributed by atoms with van der Waals surface area (Å²) in [6, 6.07) is 10.3. The maximum Gasteiger partial charge on any atom is 0.240 e. The molecule has 1 aliphatic carbocycles. The van der Waals surface area contributed by atoms with Gasteiger partial charge in [-0.3, -0.25) is 4.79 Å². The van der Waals surface area contributed by atoms with Crippen LogP contribution in [0.2, 0.25) is 0 Å². The van der Waals surface area contributed by atoms with Crippen molar-refractivity contribution < 1.29 is 4.79 Å². The number of hydrogen-bond donors (Lipinski definition) is 1. The lowest BCUT2D eigenvalue weighted by molar-refractivity contribution is -0.136. The number of amides is 1. The number of carbonyl (C=O) groups is 1. The molecule has 0 bridgehead atoms. The molecule has 0 aliphatic heterocycles. The number of hydrogen-bond acceptors (Lipinski definition) is 2. The molecule has 22 heavy (non-hydrogen) atoms. The minimum absolute atomic E-state index is 0.143. The van der Waals surface area contributed by atoms with Crippen molar-refractivity contribution in [3.8, 4) is 0 Å². The summed E-state index contributed by atoms with van der Waals surface area (Å²) in [6.45, 7) is 2.84. The smallest absolute Gasteiger partial charge is 0.240 e. The summed E-state index contributed by atoms with van der Waals surface area (Å²) in [4.78, 5) is 14.9. The first-order chi connectivity index (χ1) is 10.7. The summed E-state index contributed by atoms with van der Waals surface area (Å²) in [7, 11) is 0. The summed E-state index contributed by atoms with van der Waals surface area (Å²) in [5.41, 5.74) is 7.37. The Hall–Kier alpha value is -1.35. The fraction of sp³-hybridized carbons (Fsp3) is 0.632. The van der Waals surface area contributed by atoms with Crippen LogP contribution in [0.15, 0.2) is 30.3 Å². The van der Waals surface area contributed by atoms with Crippen molar-refractivity contribution in [1.82, 2.24) is 4.90 Å². The zero-order valence-electron chi connectivity index (χ0n) is 13.8. The highest BCUT2D eigenvalue weighted by Gasteiger charge is 2.28. The molecule has 0 heterocycles. The Balaban J connectivity index is 2.08. The van der Waals surface area contributed by atoms with Gasteiger partial charge in [0.15, 0.2) is 0 Å². The van der Waals surface area contributed by atoms with Gasteiger partial charge in [0.05, 0.1) is 6.04 Å². The van der Waals surface area contributed by atoms with Crippen molar-refractivity contribution in [1.29, 1.82) is 0 Å². The van der Waals surface area contributed by atoms with Gasteiger partial charge in [0.2, 0.25) is 5.91 Å². The van der Waals surface area contributed by atoms with E-state index in [1.807, 2.05) is 18.2 Å². The van der Waals surface area contributed by atoms with Crippen LogP contribution >= 0.6 is 0 Å². The van der Waals surface area contributed by atoms with E-state index in [2.05, 4.69) is 24.0 Å². The first kappa shape index (κ1) is 17.0. The van der Waals surface area contributed by atoms with Crippen LogP contribution in [-0.2, 0) is 11.3 Å². The lowest BCUT2D eigenvalue weighted by Crippen LogP contribution is -2.48. The van der Waals surface area contributed by atoms with Crippen LogP contribution in [0.5, 0.6) is 0 Å². The average Bonchev–Trinajstić information content (AvgIpc) is 2.58. The van der Waals surface area contributed by atoms with Gasteiger partial charge < -0.3 is 10.6 Å². The number of carbonyl (C=O) groups excluding carboxylic acids is 1. The van der Waals surface area contributed by atoms with E-state index in [1.165, 1.54) is 24.8 Å². The predicted molar refractivity (Wildman–Crippen MR) is 91.4 cm³/mol. The molecular formula is C19H30N2O. The normalized spacial score (nSPS) is 17.2. The van der Waals surface area contributed by atoms with Gasteiger partial charge in [-0.2, -0.15) is 0 Å². The fourth-order valence-corrected chi connectivity index (χ4v) is 3.32. The third-order valence-corrected chi connectivity index (χ3v) is 4.68. The van der Waals surface area contributed by atoms with E-state index in [9.17, 15) is 4.79 Å². The molecule has 1 unspecified atom stereocenters. The maximum atomic E-state index is 12.9. The third kappa shape index (κ3) is 4.84. The third-order valence-electron chi connectivity index (χ3n) is 4.68. The first-order valence-corrected chi connectivity index (χ1v) is 8.82. The Morgan fingerprint density at radius 1 is 1.23 bits per heavy atom. The SMILES string of the molecule is CCCCC(N)C(=O)N(Cc1ccccc1)C1CCCCC1. The van der Waals surface area contributed by atoms with E-state index in [0.717, 1.165) is 32.1 Å². The van der Waals surface area contributed by atoms with E-state index in [0.29, 0.717) is 12.6 Å². The fourth-order valence-electron chi connectivity index (χ4n) is 3.32. The summed E-state index contributed by atoms with van der Waals surface area (Å²) in [5.74, 6) is 0.143. The van der Waals surface area contributed by atoms with Crippen molar-refractivity contribution in [3.63, 3.8) is 0 Å². The van der Waals surface area contributed by atoms with Gasteiger partial charge in [-0.15, -0.1) is 0 Å². The second kappa shape index (κ2) is 8.94. The monoisotopic (exact) mass is 302 g/mol. The lowest BCUT2D eigenvalue weighted by atomic mass is 9.93. The molecule has 3 nitrogen and oxygen atoms in total. The van der Waals surface area contributed by atoms with E-state index in [-0.39, 0.29) is 11.9 Å². The van der Waals surface area contributed by atoms with E-state index in [4.69, 9.17) is 5.73 Å². The number of unbranched alkanes of at least 4 members (excludes halogenated alkanes) is 1. The molecule has 1 atom stereocenters. The Morgan fingerprint density at radius 3 is 2.55 bits per heavy atom. The summed E-state index contributed by atoms with van der Waals surface area (Å²) in [6.07, 6.45) is 8.91. The van der Waals surface area contributed by atoms with E-state index in [1.54, 1.807) is 0 Å². The highest BCUT2D eigenvalue weighted by Crippen LogP contribution is 2.25. The molecule has 1 saturated carbocycles. The first-order valence-electron chi connectivity index (χ1n) is 8.82. The second-order valence-electron chi connectivity index (χ2n) is 6.49. The van der Waals surface area contributed by atoms with Crippen LogP contribution in [-0.4, -0.2) is 22.9 Å². The lowest BCUT2D eigenvalue weighted by Gasteiger charge is -2.36. The van der Waals surface area contributed by atoms with Crippen LogP contribution < -0.4 is 5.73 Å². The highest BCUT2D eigenvalue weighted by atomic mass is 16.2. The van der Waals surface area contributed by atoms with Crippen LogP contribution in [0, 0.1) is 0 Å². The van der Waals surface area contributed by atoms with Crippen LogP contribution in [0.3, 0.4) is 0 Å². The average molecular weight is 302 g/mol. The zero-order chi connectivity index (χ0) is 15.8. The quantitative estimate of drug-likeness (QED) is 0.831. The van der Waals surface area contributed by atoms with Gasteiger partial charge in [0, 0.05) is 12.6 Å². The van der Waals surface area contributed by atoms with Gasteiger partial charge in [0.1, 0.15) is 0 Å². The molecule has 0 saturated heterocycles. The van der Waals surface area contributed by atoms with E-state index < -0.39 is 0 Å². The molecule has 0 aromatic heterocycles. The van der Waals surface area contributed by atoms with Gasteiger partial charge >= 0.3 is 0 Å². The van der Waals surface area contributed by atoms with Gasteiger partial charge in [0.25, 0.3) is 0 Å². The molecule has 2 N–H and O–H groups in total. The minimum atomic E-state index is -0.342. The number of nitrogens with zero attached hydrogens (tertiary/aromatic N) is 1. The molecule has 0 radical (unpaired) electrons. The number of benzene rings is 1. The summed E-state index contributed by atoms with van der Waals surface area (Å²) < 4.78 is 0. The van der Waals surface area contributed by atoms with Crippen molar-refractivity contribution in [2.24, 2.45) is 5.73 Å². The molecule has 1 aromatic carbocycles. The molecule has 1 fully saturated rings. The van der Waals surface area contributed by atoms with Crippen LogP contribution in [0.25, 0.3) is 0 Å². The molecule has 1 aromatic rings. The summed E-state index contributed by atoms with van der Waals surface area (Å²) in [5, 5.41) is 0. The minimum Gasteiger partial charge on any atom is -0.334 e. The molecule has 0 spiro atoms. The topological polar surface area (TPSA) is 46.3 Å². The molecule has 122 valence electrons. The Morgan fingerprint density at radius 2 is 1.91 bits per heavy atom. The van der Waals surface area contributed by atoms with Crippen molar-refractivity contribution in [3.05, 3.63) is 35.9 Å². The van der Waals surface area contributed by atoms with Crippen LogP contribution in [0.4, 0.5) is 0 Å². The Kier molecular flexibility index (Phi) is 6.91. The maximum absolute atomic E-state index is 12.9. The molecular weight excluding hydrogens is 272 g/mol. The van der Waals surface area contributed by atoms with Gasteiger partial charge in [-0.1, -0.05) is 69.4 Å². The number of nitrogens with two attached hydrogens (primary N) is 1. The van der Waals surface area contributed by atoms with Gasteiger partial charge in [-0.05, 0) is 24.8 Å².